The largest absolute Gasteiger partial charge is 0.385 e. The Kier molecular flexibility index (Phi) is 3.83. The topological polar surface area (TPSA) is 44.5 Å². The second-order valence-electron chi connectivity index (χ2n) is 3.07. The van der Waals surface area contributed by atoms with E-state index in [2.05, 4.69) is 0 Å². The monoisotopic (exact) mass is 159 g/mol. The second kappa shape index (κ2) is 4.70. The van der Waals surface area contributed by atoms with Crippen LogP contribution in [0.2, 0.25) is 0 Å². The zero-order valence-electron chi connectivity index (χ0n) is 7.08. The van der Waals surface area contributed by atoms with Crippen LogP contribution in [0.1, 0.15) is 19.3 Å². The number of rotatable bonds is 5. The van der Waals surface area contributed by atoms with Crippen LogP contribution in [0.3, 0.4) is 0 Å². The van der Waals surface area contributed by atoms with Crippen molar-refractivity contribution >= 4 is 0 Å². The van der Waals surface area contributed by atoms with E-state index in [1.807, 2.05) is 0 Å². The van der Waals surface area contributed by atoms with Crippen LogP contribution in [0.25, 0.3) is 0 Å². The fourth-order valence-corrected chi connectivity index (χ4v) is 1.20. The smallest absolute Gasteiger partial charge is 0.0604 e. The zero-order valence-corrected chi connectivity index (χ0v) is 7.08. The molecule has 1 aliphatic carbocycles. The predicted octanol–water partition coefficient (Wildman–Crippen LogP) is 0.529. The number of ether oxygens (including phenoxy) is 2. The molecule has 1 aliphatic rings. The lowest BCUT2D eigenvalue weighted by molar-refractivity contribution is -0.0152. The highest BCUT2D eigenvalue weighted by Crippen LogP contribution is 2.20. The van der Waals surface area contributed by atoms with Gasteiger partial charge in [-0.1, -0.05) is 0 Å². The zero-order chi connectivity index (χ0) is 8.10. The summed E-state index contributed by atoms with van der Waals surface area (Å²) in [6.45, 7) is 1.60. The van der Waals surface area contributed by atoms with Crippen molar-refractivity contribution < 1.29 is 9.47 Å². The van der Waals surface area contributed by atoms with E-state index in [0.717, 1.165) is 32.5 Å². The highest BCUT2D eigenvalue weighted by molar-refractivity contribution is 4.82. The average Bonchev–Trinajstić information content (AvgIpc) is 1.94. The summed E-state index contributed by atoms with van der Waals surface area (Å²) in [6.07, 6.45) is 3.49. The van der Waals surface area contributed by atoms with E-state index in [1.165, 1.54) is 0 Å². The van der Waals surface area contributed by atoms with Crippen LogP contribution < -0.4 is 5.73 Å². The maximum absolute atomic E-state index is 5.59. The summed E-state index contributed by atoms with van der Waals surface area (Å²) in [6, 6.07) is 0.391. The van der Waals surface area contributed by atoms with E-state index >= 15 is 0 Å². The van der Waals surface area contributed by atoms with Gasteiger partial charge in [0.1, 0.15) is 0 Å². The number of hydrogen-bond acceptors (Lipinski definition) is 3. The minimum Gasteiger partial charge on any atom is -0.385 e. The van der Waals surface area contributed by atoms with Crippen molar-refractivity contribution in [3.8, 4) is 0 Å². The van der Waals surface area contributed by atoms with Crippen LogP contribution in [-0.2, 0) is 9.47 Å². The quantitative estimate of drug-likeness (QED) is 0.595. The predicted molar refractivity (Wildman–Crippen MR) is 43.4 cm³/mol. The number of nitrogens with two attached hydrogens (primary N) is 1. The summed E-state index contributed by atoms with van der Waals surface area (Å²) in [7, 11) is 1.71. The third-order valence-corrected chi connectivity index (χ3v) is 1.98. The van der Waals surface area contributed by atoms with Gasteiger partial charge in [0.15, 0.2) is 0 Å². The molecular formula is C8H17NO2. The molecule has 1 rings (SSSR count). The van der Waals surface area contributed by atoms with Crippen LogP contribution in [0.15, 0.2) is 0 Å². The van der Waals surface area contributed by atoms with Gasteiger partial charge in [-0.05, 0) is 19.3 Å². The summed E-state index contributed by atoms with van der Waals surface area (Å²) < 4.78 is 10.4. The standard InChI is InChI=1S/C8H17NO2/c1-10-3-2-4-11-8-5-7(9)6-8/h7-8H,2-6,9H2,1H3. The molecule has 0 aromatic heterocycles. The molecule has 2 N–H and O–H groups in total. The van der Waals surface area contributed by atoms with Crippen LogP contribution >= 0.6 is 0 Å². The van der Waals surface area contributed by atoms with Crippen LogP contribution in [0, 0.1) is 0 Å². The summed E-state index contributed by atoms with van der Waals surface area (Å²) in [4.78, 5) is 0. The van der Waals surface area contributed by atoms with Gasteiger partial charge in [0.25, 0.3) is 0 Å². The highest BCUT2D eigenvalue weighted by atomic mass is 16.5. The minimum atomic E-state index is 0.391. The second-order valence-corrected chi connectivity index (χ2v) is 3.07. The van der Waals surface area contributed by atoms with E-state index in [9.17, 15) is 0 Å². The molecule has 0 aliphatic heterocycles. The Labute approximate surface area is 67.9 Å². The molecule has 3 nitrogen and oxygen atoms in total. The lowest BCUT2D eigenvalue weighted by Crippen LogP contribution is -2.41. The first-order valence-electron chi connectivity index (χ1n) is 4.19. The number of hydrogen-bond donors (Lipinski definition) is 1. The fourth-order valence-electron chi connectivity index (χ4n) is 1.20. The maximum Gasteiger partial charge on any atom is 0.0604 e. The van der Waals surface area contributed by atoms with E-state index in [1.54, 1.807) is 7.11 Å². The normalized spacial score (nSPS) is 30.0. The molecule has 0 aromatic rings. The molecule has 3 heteroatoms. The van der Waals surface area contributed by atoms with E-state index < -0.39 is 0 Å². The van der Waals surface area contributed by atoms with Gasteiger partial charge >= 0.3 is 0 Å². The Morgan fingerprint density at radius 3 is 2.64 bits per heavy atom. The molecular weight excluding hydrogens is 142 g/mol. The summed E-state index contributed by atoms with van der Waals surface area (Å²) >= 11 is 0. The molecule has 11 heavy (non-hydrogen) atoms. The van der Waals surface area contributed by atoms with Gasteiger partial charge in [0.2, 0.25) is 0 Å². The van der Waals surface area contributed by atoms with Gasteiger partial charge in [-0.3, -0.25) is 0 Å². The van der Waals surface area contributed by atoms with Crippen molar-refractivity contribution in [2.45, 2.75) is 31.4 Å². The van der Waals surface area contributed by atoms with E-state index in [4.69, 9.17) is 15.2 Å². The van der Waals surface area contributed by atoms with Gasteiger partial charge in [-0.2, -0.15) is 0 Å². The molecule has 0 unspecified atom stereocenters. The first kappa shape index (κ1) is 8.97. The Balaban J connectivity index is 1.81. The summed E-state index contributed by atoms with van der Waals surface area (Å²) in [5.41, 5.74) is 5.59. The highest BCUT2D eigenvalue weighted by Gasteiger charge is 2.25. The Hall–Kier alpha value is -0.120. The molecule has 0 atom stereocenters. The Morgan fingerprint density at radius 1 is 1.36 bits per heavy atom. The maximum atomic E-state index is 5.59. The molecule has 0 amide bonds. The Bertz CT molecular complexity index is 102. The van der Waals surface area contributed by atoms with Crippen molar-refractivity contribution in [1.82, 2.24) is 0 Å². The molecule has 1 fully saturated rings. The third kappa shape index (κ3) is 3.18. The SMILES string of the molecule is COCCCOC1CC(N)C1. The van der Waals surface area contributed by atoms with Crippen LogP contribution in [0.5, 0.6) is 0 Å². The molecule has 0 aromatic carbocycles. The lowest BCUT2D eigenvalue weighted by atomic mass is 9.90. The summed E-state index contributed by atoms with van der Waals surface area (Å²) in [5, 5.41) is 0. The lowest BCUT2D eigenvalue weighted by Gasteiger charge is -2.32. The summed E-state index contributed by atoms with van der Waals surface area (Å²) in [5.74, 6) is 0. The molecule has 1 saturated carbocycles. The van der Waals surface area contributed by atoms with Crippen molar-refractivity contribution in [2.75, 3.05) is 20.3 Å². The molecule has 0 heterocycles. The van der Waals surface area contributed by atoms with Gasteiger partial charge in [-0.15, -0.1) is 0 Å². The molecule has 0 saturated heterocycles. The molecule has 66 valence electrons. The fraction of sp³-hybridized carbons (Fsp3) is 1.00. The van der Waals surface area contributed by atoms with Gasteiger partial charge in [0, 0.05) is 26.4 Å². The number of methoxy groups -OCH3 is 1. The molecule has 0 bridgehead atoms. The minimum absolute atomic E-state index is 0.391. The van der Waals surface area contributed by atoms with Crippen molar-refractivity contribution in [1.29, 1.82) is 0 Å². The average molecular weight is 159 g/mol. The molecule has 0 spiro atoms. The van der Waals surface area contributed by atoms with Crippen molar-refractivity contribution in [2.24, 2.45) is 5.73 Å². The Morgan fingerprint density at radius 2 is 2.09 bits per heavy atom. The van der Waals surface area contributed by atoms with Gasteiger partial charge < -0.3 is 15.2 Å². The first-order valence-corrected chi connectivity index (χ1v) is 4.19. The van der Waals surface area contributed by atoms with Gasteiger partial charge in [0.05, 0.1) is 6.10 Å². The van der Waals surface area contributed by atoms with E-state index in [0.29, 0.717) is 12.1 Å². The van der Waals surface area contributed by atoms with Crippen LogP contribution in [-0.4, -0.2) is 32.5 Å². The first-order chi connectivity index (χ1) is 5.33. The van der Waals surface area contributed by atoms with Crippen molar-refractivity contribution in [3.05, 3.63) is 0 Å². The third-order valence-electron chi connectivity index (χ3n) is 1.98. The van der Waals surface area contributed by atoms with Gasteiger partial charge in [-0.25, -0.2) is 0 Å². The molecule has 0 radical (unpaired) electrons. The van der Waals surface area contributed by atoms with E-state index in [-0.39, 0.29) is 0 Å². The van der Waals surface area contributed by atoms with Crippen LogP contribution in [0.4, 0.5) is 0 Å². The van der Waals surface area contributed by atoms with Crippen molar-refractivity contribution in [3.63, 3.8) is 0 Å².